The summed E-state index contributed by atoms with van der Waals surface area (Å²) < 4.78 is 5.01. The second kappa shape index (κ2) is 7.49. The van der Waals surface area contributed by atoms with Gasteiger partial charge in [-0.1, -0.05) is 0 Å². The van der Waals surface area contributed by atoms with Crippen molar-refractivity contribution in [1.29, 1.82) is 0 Å². The van der Waals surface area contributed by atoms with E-state index in [9.17, 15) is 4.79 Å². The molecule has 4 N–H and O–H groups in total. The van der Waals surface area contributed by atoms with Crippen molar-refractivity contribution in [2.75, 3.05) is 37.6 Å². The third-order valence-corrected chi connectivity index (χ3v) is 2.50. The summed E-state index contributed by atoms with van der Waals surface area (Å²) in [7, 11) is 3.16. The summed E-state index contributed by atoms with van der Waals surface area (Å²) in [5, 5.41) is 2.58. The predicted octanol–water partition coefficient (Wildman–Crippen LogP) is -0.519. The van der Waals surface area contributed by atoms with Crippen molar-refractivity contribution in [3.63, 3.8) is 0 Å². The van der Waals surface area contributed by atoms with Crippen molar-refractivity contribution in [1.82, 2.24) is 15.3 Å². The SMILES string of the molecule is CCN(CC(=O)NC)c1cc(NN)nc(COC)n1. The first-order valence-corrected chi connectivity index (χ1v) is 5.93. The van der Waals surface area contributed by atoms with Gasteiger partial charge in [0, 0.05) is 26.8 Å². The molecule has 0 unspecified atom stereocenters. The number of hydrogen-bond donors (Lipinski definition) is 3. The summed E-state index contributed by atoms with van der Waals surface area (Å²) in [6, 6.07) is 1.69. The lowest BCUT2D eigenvalue weighted by Gasteiger charge is -2.21. The third kappa shape index (κ3) is 4.34. The number of nitrogens with two attached hydrogens (primary N) is 1. The molecule has 1 aromatic rings. The fraction of sp³-hybridized carbons (Fsp3) is 0.545. The highest BCUT2D eigenvalue weighted by Crippen LogP contribution is 2.15. The van der Waals surface area contributed by atoms with Crippen LogP contribution < -0.4 is 21.5 Å². The van der Waals surface area contributed by atoms with Crippen molar-refractivity contribution in [3.05, 3.63) is 11.9 Å². The Morgan fingerprint density at radius 3 is 2.79 bits per heavy atom. The van der Waals surface area contributed by atoms with E-state index in [1.54, 1.807) is 20.2 Å². The largest absolute Gasteiger partial charge is 0.377 e. The quantitative estimate of drug-likeness (QED) is 0.451. The van der Waals surface area contributed by atoms with Gasteiger partial charge in [0.15, 0.2) is 5.82 Å². The molecule has 1 amide bonds. The maximum Gasteiger partial charge on any atom is 0.239 e. The van der Waals surface area contributed by atoms with Crippen LogP contribution in [-0.4, -0.2) is 43.1 Å². The number of aromatic nitrogens is 2. The Hall–Kier alpha value is -1.93. The molecule has 0 aliphatic rings. The number of hydrogen-bond acceptors (Lipinski definition) is 7. The Bertz CT molecular complexity index is 426. The van der Waals surface area contributed by atoms with E-state index in [-0.39, 0.29) is 19.1 Å². The maximum absolute atomic E-state index is 11.5. The van der Waals surface area contributed by atoms with Gasteiger partial charge >= 0.3 is 0 Å². The second-order valence-electron chi connectivity index (χ2n) is 3.79. The van der Waals surface area contributed by atoms with E-state index in [1.165, 1.54) is 0 Å². The van der Waals surface area contributed by atoms with Crippen molar-refractivity contribution >= 4 is 17.5 Å². The minimum atomic E-state index is -0.0870. The lowest BCUT2D eigenvalue weighted by Crippen LogP contribution is -2.36. The first kappa shape index (κ1) is 15.1. The number of carbonyl (C=O) groups excluding carboxylic acids is 1. The van der Waals surface area contributed by atoms with Crippen LogP contribution in [0.2, 0.25) is 0 Å². The number of hydrazine groups is 1. The van der Waals surface area contributed by atoms with Crippen molar-refractivity contribution in [2.45, 2.75) is 13.5 Å². The summed E-state index contributed by atoms with van der Waals surface area (Å²) in [6.07, 6.45) is 0. The molecule has 8 heteroatoms. The van der Waals surface area contributed by atoms with Gasteiger partial charge in [-0.2, -0.15) is 0 Å². The number of rotatable bonds is 7. The molecule has 0 atom stereocenters. The molecule has 0 bridgehead atoms. The number of nitrogens with one attached hydrogen (secondary N) is 2. The summed E-state index contributed by atoms with van der Waals surface area (Å²) in [5.74, 6) is 6.90. The number of nitrogen functional groups attached to an aromatic ring is 1. The summed E-state index contributed by atoms with van der Waals surface area (Å²) in [5.41, 5.74) is 2.48. The van der Waals surface area contributed by atoms with E-state index in [0.29, 0.717) is 24.0 Å². The lowest BCUT2D eigenvalue weighted by atomic mass is 10.4. The molecule has 19 heavy (non-hydrogen) atoms. The van der Waals surface area contributed by atoms with Gasteiger partial charge in [0.1, 0.15) is 18.2 Å². The van der Waals surface area contributed by atoms with Crippen LogP contribution in [0.3, 0.4) is 0 Å². The van der Waals surface area contributed by atoms with E-state index < -0.39 is 0 Å². The lowest BCUT2D eigenvalue weighted by molar-refractivity contribution is -0.119. The number of anilines is 2. The van der Waals surface area contributed by atoms with Gasteiger partial charge in [-0.15, -0.1) is 0 Å². The molecule has 106 valence electrons. The normalized spacial score (nSPS) is 10.1. The molecule has 0 saturated heterocycles. The zero-order valence-corrected chi connectivity index (χ0v) is 11.4. The Morgan fingerprint density at radius 2 is 2.26 bits per heavy atom. The molecule has 0 aromatic carbocycles. The Labute approximate surface area is 112 Å². The Kier molecular flexibility index (Phi) is 5.97. The molecule has 0 fully saturated rings. The standard InChI is InChI=1S/C11H20N6O2/c1-4-17(6-11(18)13-2)10-5-8(16-12)14-9(15-10)7-19-3/h5H,4,6-7,12H2,1-3H3,(H,13,18)(H,14,15,16). The maximum atomic E-state index is 11.5. The molecule has 1 rings (SSSR count). The third-order valence-electron chi connectivity index (χ3n) is 2.50. The number of amides is 1. The molecule has 0 spiro atoms. The summed E-state index contributed by atoms with van der Waals surface area (Å²) >= 11 is 0. The average Bonchev–Trinajstić information content (AvgIpc) is 2.44. The van der Waals surface area contributed by atoms with Crippen molar-refractivity contribution < 1.29 is 9.53 Å². The van der Waals surface area contributed by atoms with E-state index in [1.807, 2.05) is 11.8 Å². The monoisotopic (exact) mass is 268 g/mol. The molecule has 0 saturated carbocycles. The molecule has 0 radical (unpaired) electrons. The van der Waals surface area contributed by atoms with E-state index >= 15 is 0 Å². The van der Waals surface area contributed by atoms with Gasteiger partial charge in [-0.3, -0.25) is 4.79 Å². The minimum Gasteiger partial charge on any atom is -0.377 e. The second-order valence-corrected chi connectivity index (χ2v) is 3.79. The van der Waals surface area contributed by atoms with Gasteiger partial charge < -0.3 is 20.4 Å². The molecule has 8 nitrogen and oxygen atoms in total. The van der Waals surface area contributed by atoms with Crippen LogP contribution in [0.4, 0.5) is 11.6 Å². The fourth-order valence-corrected chi connectivity index (χ4v) is 1.52. The van der Waals surface area contributed by atoms with Gasteiger partial charge in [0.2, 0.25) is 5.91 Å². The van der Waals surface area contributed by atoms with E-state index in [2.05, 4.69) is 20.7 Å². The van der Waals surface area contributed by atoms with Gasteiger partial charge in [-0.25, -0.2) is 15.8 Å². The predicted molar refractivity (Wildman–Crippen MR) is 72.5 cm³/mol. The minimum absolute atomic E-state index is 0.0870. The number of methoxy groups -OCH3 is 1. The van der Waals surface area contributed by atoms with Crippen LogP contribution in [0.15, 0.2) is 6.07 Å². The van der Waals surface area contributed by atoms with Crippen molar-refractivity contribution in [2.24, 2.45) is 5.84 Å². The Morgan fingerprint density at radius 1 is 1.53 bits per heavy atom. The van der Waals surface area contributed by atoms with Gasteiger partial charge in [0.25, 0.3) is 0 Å². The number of ether oxygens (including phenoxy) is 1. The first-order valence-electron chi connectivity index (χ1n) is 5.93. The molecular weight excluding hydrogens is 248 g/mol. The van der Waals surface area contributed by atoms with Crippen LogP contribution in [0.25, 0.3) is 0 Å². The average molecular weight is 268 g/mol. The fourth-order valence-electron chi connectivity index (χ4n) is 1.52. The number of carbonyl (C=O) groups is 1. The van der Waals surface area contributed by atoms with Crippen LogP contribution >= 0.6 is 0 Å². The van der Waals surface area contributed by atoms with E-state index in [4.69, 9.17) is 10.6 Å². The van der Waals surface area contributed by atoms with Crippen LogP contribution in [0, 0.1) is 0 Å². The van der Waals surface area contributed by atoms with E-state index in [0.717, 1.165) is 0 Å². The highest BCUT2D eigenvalue weighted by molar-refractivity contribution is 5.80. The van der Waals surface area contributed by atoms with Crippen LogP contribution in [-0.2, 0) is 16.1 Å². The first-order chi connectivity index (χ1) is 9.14. The molecule has 1 aromatic heterocycles. The molecule has 0 aliphatic heterocycles. The molecule has 0 aliphatic carbocycles. The molecule has 1 heterocycles. The van der Waals surface area contributed by atoms with Gasteiger partial charge in [-0.05, 0) is 6.92 Å². The zero-order valence-electron chi connectivity index (χ0n) is 11.4. The highest BCUT2D eigenvalue weighted by atomic mass is 16.5. The molecular formula is C11H20N6O2. The topological polar surface area (TPSA) is 105 Å². The van der Waals surface area contributed by atoms with Crippen LogP contribution in [0.1, 0.15) is 12.7 Å². The number of nitrogens with zero attached hydrogens (tertiary/aromatic N) is 3. The van der Waals surface area contributed by atoms with Crippen LogP contribution in [0.5, 0.6) is 0 Å². The summed E-state index contributed by atoms with van der Waals surface area (Å²) in [6.45, 7) is 3.08. The highest BCUT2D eigenvalue weighted by Gasteiger charge is 2.13. The summed E-state index contributed by atoms with van der Waals surface area (Å²) in [4.78, 5) is 21.8. The zero-order chi connectivity index (χ0) is 14.3. The van der Waals surface area contributed by atoms with Crippen molar-refractivity contribution in [3.8, 4) is 0 Å². The smallest absolute Gasteiger partial charge is 0.239 e. The number of likely N-dealkylation sites (N-methyl/N-ethyl adjacent to an activating group) is 2. The Balaban J connectivity index is 3.00. The van der Waals surface area contributed by atoms with Gasteiger partial charge in [0.05, 0.1) is 6.54 Å².